The zero-order valence-electron chi connectivity index (χ0n) is 5.04. The molecular weight excluding hydrogens is 120 g/mol. The third kappa shape index (κ3) is 1.20. The first kappa shape index (κ1) is 6.51. The van der Waals surface area contributed by atoms with Crippen molar-refractivity contribution in [3.05, 3.63) is 0 Å². The van der Waals surface area contributed by atoms with Gasteiger partial charge >= 0.3 is 0 Å². The van der Waals surface area contributed by atoms with Crippen LogP contribution in [0.4, 0.5) is 0 Å². The predicted molar refractivity (Wildman–Crippen MR) is 31.5 cm³/mol. The first-order valence-corrected chi connectivity index (χ1v) is 2.84. The quantitative estimate of drug-likeness (QED) is 0.451. The van der Waals surface area contributed by atoms with Gasteiger partial charge in [-0.25, -0.2) is 0 Å². The lowest BCUT2D eigenvalue weighted by Gasteiger charge is -2.06. The molecule has 1 aliphatic heterocycles. The van der Waals surface area contributed by atoms with E-state index in [2.05, 4.69) is 0 Å². The number of ether oxygens (including phenoxy) is 1. The van der Waals surface area contributed by atoms with Crippen molar-refractivity contribution in [3.63, 3.8) is 0 Å². The minimum absolute atomic E-state index is 0.192. The standard InChI is InChI=1S/C5H10N2O2/c6-4-2-9-1-3(4)5(7)8/h3-4H,1-2,6H2,(H2,7,8)/t3-,4+/m1/s1. The van der Waals surface area contributed by atoms with Crippen LogP contribution in [0.15, 0.2) is 0 Å². The van der Waals surface area contributed by atoms with Crippen LogP contribution in [0.1, 0.15) is 0 Å². The summed E-state index contributed by atoms with van der Waals surface area (Å²) in [5.41, 5.74) is 10.4. The molecule has 0 unspecified atom stereocenters. The van der Waals surface area contributed by atoms with E-state index in [0.717, 1.165) is 0 Å². The normalized spacial score (nSPS) is 34.8. The van der Waals surface area contributed by atoms with Crippen molar-refractivity contribution in [2.45, 2.75) is 6.04 Å². The highest BCUT2D eigenvalue weighted by molar-refractivity contribution is 5.77. The summed E-state index contributed by atoms with van der Waals surface area (Å²) in [4.78, 5) is 10.5. The van der Waals surface area contributed by atoms with Crippen LogP contribution in [0.2, 0.25) is 0 Å². The second-order valence-corrected chi connectivity index (χ2v) is 2.21. The summed E-state index contributed by atoms with van der Waals surface area (Å²) in [6.45, 7) is 0.837. The van der Waals surface area contributed by atoms with E-state index in [1.807, 2.05) is 0 Å². The number of nitrogens with two attached hydrogens (primary N) is 2. The Kier molecular flexibility index (Phi) is 1.68. The predicted octanol–water partition coefficient (Wildman–Crippen LogP) is -1.55. The third-order valence-corrected chi connectivity index (χ3v) is 1.49. The molecule has 9 heavy (non-hydrogen) atoms. The Bertz CT molecular complexity index is 126. The van der Waals surface area contributed by atoms with E-state index in [0.29, 0.717) is 13.2 Å². The van der Waals surface area contributed by atoms with Crippen LogP contribution in [0.3, 0.4) is 0 Å². The molecule has 1 amide bonds. The lowest BCUT2D eigenvalue weighted by atomic mass is 10.1. The molecule has 4 heteroatoms. The van der Waals surface area contributed by atoms with E-state index in [1.54, 1.807) is 0 Å². The molecule has 4 nitrogen and oxygen atoms in total. The number of primary amides is 1. The van der Waals surface area contributed by atoms with E-state index in [4.69, 9.17) is 16.2 Å². The van der Waals surface area contributed by atoms with Crippen LogP contribution in [0.5, 0.6) is 0 Å². The number of amides is 1. The Labute approximate surface area is 53.1 Å². The largest absolute Gasteiger partial charge is 0.379 e. The molecule has 0 radical (unpaired) electrons. The molecule has 1 saturated heterocycles. The van der Waals surface area contributed by atoms with E-state index in [-0.39, 0.29) is 17.9 Å². The molecule has 0 aliphatic carbocycles. The van der Waals surface area contributed by atoms with Crippen molar-refractivity contribution < 1.29 is 9.53 Å². The first-order valence-electron chi connectivity index (χ1n) is 2.84. The average molecular weight is 130 g/mol. The maximum absolute atomic E-state index is 10.5. The van der Waals surface area contributed by atoms with Crippen LogP contribution in [-0.2, 0) is 9.53 Å². The summed E-state index contributed by atoms with van der Waals surface area (Å²) in [5, 5.41) is 0. The van der Waals surface area contributed by atoms with Crippen molar-refractivity contribution in [2.75, 3.05) is 13.2 Å². The Morgan fingerprint density at radius 2 is 2.22 bits per heavy atom. The summed E-state index contributed by atoms with van der Waals surface area (Å²) >= 11 is 0. The van der Waals surface area contributed by atoms with Gasteiger partial charge in [0.05, 0.1) is 19.1 Å². The molecular formula is C5H10N2O2. The maximum atomic E-state index is 10.5. The lowest BCUT2D eigenvalue weighted by molar-refractivity contribution is -0.121. The van der Waals surface area contributed by atoms with Crippen LogP contribution < -0.4 is 11.5 Å². The summed E-state index contributed by atoms with van der Waals surface area (Å²) in [5.74, 6) is -0.634. The smallest absolute Gasteiger partial charge is 0.224 e. The van der Waals surface area contributed by atoms with Gasteiger partial charge < -0.3 is 16.2 Å². The van der Waals surface area contributed by atoms with Gasteiger partial charge in [-0.3, -0.25) is 4.79 Å². The number of carbonyl (C=O) groups excluding carboxylic acids is 1. The monoisotopic (exact) mass is 130 g/mol. The van der Waals surface area contributed by atoms with E-state index < -0.39 is 0 Å². The highest BCUT2D eigenvalue weighted by atomic mass is 16.5. The molecule has 0 aromatic heterocycles. The fourth-order valence-electron chi connectivity index (χ4n) is 0.864. The number of hydrogen-bond acceptors (Lipinski definition) is 3. The molecule has 0 bridgehead atoms. The van der Waals surface area contributed by atoms with Gasteiger partial charge in [-0.1, -0.05) is 0 Å². The number of hydrogen-bond donors (Lipinski definition) is 2. The molecule has 0 spiro atoms. The topological polar surface area (TPSA) is 78.3 Å². The molecule has 0 aromatic rings. The second-order valence-electron chi connectivity index (χ2n) is 2.21. The van der Waals surface area contributed by atoms with Crippen molar-refractivity contribution in [1.29, 1.82) is 0 Å². The molecule has 52 valence electrons. The van der Waals surface area contributed by atoms with Gasteiger partial charge in [-0.15, -0.1) is 0 Å². The summed E-state index contributed by atoms with van der Waals surface area (Å²) < 4.78 is 4.90. The minimum atomic E-state index is -0.361. The molecule has 1 fully saturated rings. The van der Waals surface area contributed by atoms with Crippen molar-refractivity contribution in [1.82, 2.24) is 0 Å². The van der Waals surface area contributed by atoms with Crippen LogP contribution in [0.25, 0.3) is 0 Å². The Morgan fingerprint density at radius 3 is 2.44 bits per heavy atom. The van der Waals surface area contributed by atoms with Gasteiger partial charge in [0.1, 0.15) is 0 Å². The van der Waals surface area contributed by atoms with Crippen LogP contribution >= 0.6 is 0 Å². The fraction of sp³-hybridized carbons (Fsp3) is 0.800. The zero-order valence-corrected chi connectivity index (χ0v) is 5.04. The van der Waals surface area contributed by atoms with E-state index in [1.165, 1.54) is 0 Å². The SMILES string of the molecule is NC(=O)[C@@H]1COC[C@@H]1N. The fourth-order valence-corrected chi connectivity index (χ4v) is 0.864. The molecule has 1 aliphatic rings. The highest BCUT2D eigenvalue weighted by Crippen LogP contribution is 2.09. The molecule has 4 N–H and O–H groups in total. The first-order chi connectivity index (χ1) is 4.22. The Hall–Kier alpha value is -0.610. The van der Waals surface area contributed by atoms with Crippen LogP contribution in [-0.4, -0.2) is 25.2 Å². The summed E-state index contributed by atoms with van der Waals surface area (Å²) in [6, 6.07) is -0.192. The molecule has 2 atom stereocenters. The van der Waals surface area contributed by atoms with Gasteiger partial charge in [0, 0.05) is 6.04 Å². The number of carbonyl (C=O) groups is 1. The number of rotatable bonds is 1. The third-order valence-electron chi connectivity index (χ3n) is 1.49. The minimum Gasteiger partial charge on any atom is -0.379 e. The molecule has 0 saturated carbocycles. The van der Waals surface area contributed by atoms with Gasteiger partial charge in [0.15, 0.2) is 0 Å². The highest BCUT2D eigenvalue weighted by Gasteiger charge is 2.29. The summed E-state index contributed by atoms with van der Waals surface area (Å²) in [6.07, 6.45) is 0. The van der Waals surface area contributed by atoms with E-state index >= 15 is 0 Å². The van der Waals surface area contributed by atoms with Crippen molar-refractivity contribution in [3.8, 4) is 0 Å². The molecule has 0 aromatic carbocycles. The average Bonchev–Trinajstić information content (AvgIpc) is 2.13. The maximum Gasteiger partial charge on any atom is 0.224 e. The van der Waals surface area contributed by atoms with Crippen LogP contribution in [0, 0.1) is 5.92 Å². The molecule has 1 rings (SSSR count). The van der Waals surface area contributed by atoms with Crippen molar-refractivity contribution >= 4 is 5.91 Å². The lowest BCUT2D eigenvalue weighted by Crippen LogP contribution is -2.37. The van der Waals surface area contributed by atoms with E-state index in [9.17, 15) is 4.79 Å². The zero-order chi connectivity index (χ0) is 6.85. The van der Waals surface area contributed by atoms with Gasteiger partial charge in [0.2, 0.25) is 5.91 Å². The van der Waals surface area contributed by atoms with Gasteiger partial charge in [-0.05, 0) is 0 Å². The molecule has 1 heterocycles. The summed E-state index contributed by atoms with van der Waals surface area (Å²) in [7, 11) is 0. The Morgan fingerprint density at radius 1 is 1.56 bits per heavy atom. The van der Waals surface area contributed by atoms with Crippen molar-refractivity contribution in [2.24, 2.45) is 17.4 Å². The Balaban J connectivity index is 2.49. The van der Waals surface area contributed by atoms with Gasteiger partial charge in [-0.2, -0.15) is 0 Å². The second kappa shape index (κ2) is 2.33. The van der Waals surface area contributed by atoms with Gasteiger partial charge in [0.25, 0.3) is 0 Å².